The van der Waals surface area contributed by atoms with E-state index >= 15 is 4.39 Å². The Morgan fingerprint density at radius 1 is 1.07 bits per heavy atom. The van der Waals surface area contributed by atoms with E-state index in [0.717, 1.165) is 18.6 Å². The fraction of sp³-hybridized carbons (Fsp3) is 0.533. The highest BCUT2D eigenvalue weighted by molar-refractivity contribution is 7.89. The van der Waals surface area contributed by atoms with Gasteiger partial charge < -0.3 is 21.1 Å². The lowest BCUT2D eigenvalue weighted by atomic mass is 9.63. The van der Waals surface area contributed by atoms with Crippen molar-refractivity contribution in [3.8, 4) is 0 Å². The maximum absolute atomic E-state index is 15.2. The number of anilines is 1. The number of piperazine rings is 1. The molecule has 2 aromatic rings. The third-order valence-electron chi connectivity index (χ3n) is 9.24. The number of nitrogens with one attached hydrogen (secondary N) is 3. The minimum absolute atomic E-state index is 0.0440. The zero-order chi connectivity index (χ0) is 31.7. The monoisotopic (exact) mass is 640 g/mol. The highest BCUT2D eigenvalue weighted by atomic mass is 32.2. The third-order valence-corrected chi connectivity index (χ3v) is 11.2. The number of sulfonamides is 1. The van der Waals surface area contributed by atoms with E-state index in [-0.39, 0.29) is 48.7 Å². The molecule has 0 aromatic heterocycles. The van der Waals surface area contributed by atoms with Crippen LogP contribution in [0.5, 0.6) is 0 Å². The van der Waals surface area contributed by atoms with Gasteiger partial charge in [-0.05, 0) is 68.4 Å². The van der Waals surface area contributed by atoms with Crippen molar-refractivity contribution in [3.63, 3.8) is 0 Å². The second-order valence-electron chi connectivity index (χ2n) is 12.0. The largest absolute Gasteiger partial charge is 0.465 e. The number of benzene rings is 2. The van der Waals surface area contributed by atoms with E-state index in [2.05, 4.69) is 16.0 Å². The van der Waals surface area contributed by atoms with Crippen LogP contribution in [0.15, 0.2) is 42.5 Å². The summed E-state index contributed by atoms with van der Waals surface area (Å²) < 4.78 is 84.9. The fourth-order valence-electron chi connectivity index (χ4n) is 6.86. The summed E-state index contributed by atoms with van der Waals surface area (Å²) in [7, 11) is -3.47. The van der Waals surface area contributed by atoms with Gasteiger partial charge in [-0.25, -0.2) is 30.8 Å². The van der Waals surface area contributed by atoms with Crippen LogP contribution in [-0.2, 0) is 26.7 Å². The van der Waals surface area contributed by atoms with Crippen LogP contribution in [0.1, 0.15) is 56.1 Å². The van der Waals surface area contributed by atoms with Gasteiger partial charge in [0.15, 0.2) is 0 Å². The number of hydrogen-bond donors (Lipinski definition) is 4. The number of nitrogens with zero attached hydrogens (tertiary/aromatic N) is 1. The first-order valence-electron chi connectivity index (χ1n) is 14.7. The summed E-state index contributed by atoms with van der Waals surface area (Å²) in [6.07, 6.45) is -1.70. The van der Waals surface area contributed by atoms with Gasteiger partial charge in [0.25, 0.3) is 0 Å². The molecule has 0 radical (unpaired) electrons. The molecular weight excluding hydrogens is 604 g/mol. The normalized spacial score (nSPS) is 26.1. The number of hydrogen-bond acceptors (Lipinski definition) is 5. The van der Waals surface area contributed by atoms with Crippen molar-refractivity contribution >= 4 is 27.7 Å². The van der Waals surface area contributed by atoms with Gasteiger partial charge >= 0.3 is 6.09 Å². The fourth-order valence-corrected chi connectivity index (χ4v) is 8.66. The molecule has 3 aliphatic rings. The molecule has 2 aliphatic heterocycles. The predicted molar refractivity (Wildman–Crippen MR) is 155 cm³/mol. The summed E-state index contributed by atoms with van der Waals surface area (Å²) in [5, 5.41) is 17.9. The standard InChI is InChI=1S/C30H36F4N4O5S/c31-20-8-6-19(7-9-20)29(12-14-30(33,34)15-13-29)26(37-28(40)41)27(39)36-25-5-1-4-24(32)23(25)11-10-22-17-35-21-3-2-16-44(42,43)38(22)18-21/h1,4-9,21-22,26,35,37H,2-3,10-18H2,(H,36,39)(H,40,41)/t21?,22-,26?/m0/s1. The smallest absolute Gasteiger partial charge is 0.405 e. The van der Waals surface area contributed by atoms with Crippen LogP contribution in [0.2, 0.25) is 0 Å². The number of carbonyl (C=O) groups is 2. The lowest BCUT2D eigenvalue weighted by Crippen LogP contribution is -2.58. The highest BCUT2D eigenvalue weighted by Gasteiger charge is 2.51. The first-order valence-corrected chi connectivity index (χ1v) is 16.4. The third kappa shape index (κ3) is 6.86. The number of halogens is 4. The molecule has 5 rings (SSSR count). The number of rotatable bonds is 8. The quantitative estimate of drug-likeness (QED) is 0.317. The van der Waals surface area contributed by atoms with Gasteiger partial charge in [-0.15, -0.1) is 0 Å². The number of fused-ring (bicyclic) bond motifs is 2. The number of carboxylic acid groups (broad SMARTS) is 1. The second kappa shape index (κ2) is 12.6. The van der Waals surface area contributed by atoms with E-state index in [9.17, 15) is 36.3 Å². The average Bonchev–Trinajstić information content (AvgIpc) is 3.08. The highest BCUT2D eigenvalue weighted by Crippen LogP contribution is 2.48. The van der Waals surface area contributed by atoms with Gasteiger partial charge in [0.1, 0.15) is 17.7 Å². The first-order chi connectivity index (χ1) is 20.8. The van der Waals surface area contributed by atoms with E-state index in [1.54, 1.807) is 0 Å². The zero-order valence-electron chi connectivity index (χ0n) is 24.0. The topological polar surface area (TPSA) is 128 Å². The Kier molecular flexibility index (Phi) is 9.24. The van der Waals surface area contributed by atoms with Crippen LogP contribution in [0.25, 0.3) is 0 Å². The van der Waals surface area contributed by atoms with Crippen LogP contribution < -0.4 is 16.0 Å². The van der Waals surface area contributed by atoms with E-state index in [4.69, 9.17) is 0 Å². The van der Waals surface area contributed by atoms with Gasteiger partial charge in [-0.3, -0.25) is 4.79 Å². The molecule has 9 nitrogen and oxygen atoms in total. The molecular formula is C30H36F4N4O5S. The lowest BCUT2D eigenvalue weighted by Gasteiger charge is -2.45. The van der Waals surface area contributed by atoms with Crippen LogP contribution >= 0.6 is 0 Å². The van der Waals surface area contributed by atoms with Gasteiger partial charge in [0.05, 0.1) is 5.75 Å². The molecule has 2 aromatic carbocycles. The van der Waals surface area contributed by atoms with Crippen molar-refractivity contribution in [1.29, 1.82) is 0 Å². The zero-order valence-corrected chi connectivity index (χ0v) is 24.8. The minimum atomic E-state index is -3.47. The van der Waals surface area contributed by atoms with Crippen molar-refractivity contribution < 1.29 is 40.7 Å². The van der Waals surface area contributed by atoms with E-state index in [1.807, 2.05) is 0 Å². The van der Waals surface area contributed by atoms with Crippen molar-refractivity contribution in [2.75, 3.05) is 24.2 Å². The van der Waals surface area contributed by atoms with Crippen LogP contribution in [-0.4, -0.2) is 72.7 Å². The minimum Gasteiger partial charge on any atom is -0.465 e. The molecule has 4 atom stereocenters. The van der Waals surface area contributed by atoms with Gasteiger partial charge in [0, 0.05) is 54.7 Å². The summed E-state index contributed by atoms with van der Waals surface area (Å²) in [5.74, 6) is -5.08. The maximum atomic E-state index is 15.2. The summed E-state index contributed by atoms with van der Waals surface area (Å²) in [6, 6.07) is 7.05. The molecule has 44 heavy (non-hydrogen) atoms. The number of alkyl halides is 2. The van der Waals surface area contributed by atoms with Crippen LogP contribution in [0, 0.1) is 11.6 Å². The second-order valence-corrected chi connectivity index (χ2v) is 14.0. The molecule has 4 N–H and O–H groups in total. The summed E-state index contributed by atoms with van der Waals surface area (Å²) in [6.45, 7) is 0.733. The van der Waals surface area contributed by atoms with Gasteiger partial charge in [-0.2, -0.15) is 4.31 Å². The Bertz CT molecular complexity index is 1480. The van der Waals surface area contributed by atoms with Gasteiger partial charge in [0.2, 0.25) is 21.9 Å². The van der Waals surface area contributed by atoms with Crippen molar-refractivity contribution in [2.45, 2.75) is 80.8 Å². The molecule has 1 aliphatic carbocycles. The Balaban J connectivity index is 1.42. The van der Waals surface area contributed by atoms with Gasteiger partial charge in [-0.1, -0.05) is 18.2 Å². The van der Waals surface area contributed by atoms with Crippen LogP contribution in [0.3, 0.4) is 0 Å². The summed E-state index contributed by atoms with van der Waals surface area (Å²) >= 11 is 0. The van der Waals surface area contributed by atoms with E-state index < -0.39 is 69.9 Å². The Morgan fingerprint density at radius 3 is 2.45 bits per heavy atom. The van der Waals surface area contributed by atoms with Crippen molar-refractivity contribution in [1.82, 2.24) is 14.9 Å². The average molecular weight is 641 g/mol. The van der Waals surface area contributed by atoms with E-state index in [1.165, 1.54) is 34.6 Å². The molecule has 240 valence electrons. The molecule has 0 spiro atoms. The molecule has 1 saturated carbocycles. The van der Waals surface area contributed by atoms with Crippen molar-refractivity contribution in [3.05, 3.63) is 65.2 Å². The molecule has 14 heteroatoms. The molecule has 2 bridgehead atoms. The molecule has 2 amide bonds. The summed E-state index contributed by atoms with van der Waals surface area (Å²) in [5.41, 5.74) is -0.945. The molecule has 2 saturated heterocycles. The maximum Gasteiger partial charge on any atom is 0.405 e. The predicted octanol–water partition coefficient (Wildman–Crippen LogP) is 4.39. The molecule has 3 fully saturated rings. The summed E-state index contributed by atoms with van der Waals surface area (Å²) in [4.78, 5) is 25.8. The molecule has 3 unspecified atom stereocenters. The molecule has 2 heterocycles. The number of amides is 2. The van der Waals surface area contributed by atoms with Crippen molar-refractivity contribution in [2.24, 2.45) is 0 Å². The van der Waals surface area contributed by atoms with E-state index in [0.29, 0.717) is 25.1 Å². The van der Waals surface area contributed by atoms with Crippen LogP contribution in [0.4, 0.5) is 28.0 Å². The SMILES string of the molecule is O=C(O)NC(C(=O)Nc1cccc(F)c1CC[C@H]1CNC2CCCS(=O)(=O)N1C2)C1(c2ccc(F)cc2)CCC(F)(F)CC1. The Labute approximate surface area is 253 Å². The number of carbonyl (C=O) groups excluding carboxylic acids is 1. The Morgan fingerprint density at radius 2 is 1.77 bits per heavy atom. The lowest BCUT2D eigenvalue weighted by molar-refractivity contribution is -0.122. The Hall–Kier alpha value is -3.23. The first kappa shape index (κ1) is 32.2.